The molecule has 29 heavy (non-hydrogen) atoms. The largest absolute Gasteiger partial charge is 0.424 e. The van der Waals surface area contributed by atoms with E-state index in [4.69, 9.17) is 4.74 Å². The molecule has 0 spiro atoms. The molecule has 1 aromatic heterocycles. The van der Waals surface area contributed by atoms with Crippen molar-refractivity contribution < 1.29 is 13.2 Å². The van der Waals surface area contributed by atoms with Crippen molar-refractivity contribution in [1.82, 2.24) is 9.97 Å². The highest BCUT2D eigenvalue weighted by atomic mass is 32.2. The summed E-state index contributed by atoms with van der Waals surface area (Å²) in [7, 11) is -3.75. The fourth-order valence-electron chi connectivity index (χ4n) is 2.69. The van der Waals surface area contributed by atoms with Crippen LogP contribution in [0.25, 0.3) is 11.1 Å². The molecule has 0 aliphatic rings. The molecule has 4 rings (SSSR count). The molecule has 0 fully saturated rings. The standard InChI is InChI=1S/C22H17N3O3S/c26-29(27,21-13-11-18(12-14-21)17-7-3-1-4-8-17)25-19-15-23-22(24-16-19)28-20-9-5-2-6-10-20/h1-16,25H. The lowest BCUT2D eigenvalue weighted by Gasteiger charge is -2.09. The molecule has 0 bridgehead atoms. The molecular weight excluding hydrogens is 386 g/mol. The first-order chi connectivity index (χ1) is 14.1. The van der Waals surface area contributed by atoms with Crippen LogP contribution in [-0.2, 0) is 10.0 Å². The van der Waals surface area contributed by atoms with Gasteiger partial charge in [-0.2, -0.15) is 0 Å². The van der Waals surface area contributed by atoms with Crippen LogP contribution in [0.15, 0.2) is 102 Å². The lowest BCUT2D eigenvalue weighted by Crippen LogP contribution is -2.13. The van der Waals surface area contributed by atoms with E-state index in [0.29, 0.717) is 5.75 Å². The van der Waals surface area contributed by atoms with E-state index in [2.05, 4.69) is 14.7 Å². The Hall–Kier alpha value is -3.71. The van der Waals surface area contributed by atoms with Crippen LogP contribution in [0.4, 0.5) is 5.69 Å². The van der Waals surface area contributed by atoms with Crippen molar-refractivity contribution in [3.63, 3.8) is 0 Å². The number of anilines is 1. The minimum absolute atomic E-state index is 0.131. The molecule has 3 aromatic carbocycles. The summed E-state index contributed by atoms with van der Waals surface area (Å²) in [4.78, 5) is 8.25. The third-order valence-electron chi connectivity index (χ3n) is 4.10. The summed E-state index contributed by atoms with van der Waals surface area (Å²) in [5, 5.41) is 0. The van der Waals surface area contributed by atoms with Crippen molar-refractivity contribution in [2.24, 2.45) is 0 Å². The van der Waals surface area contributed by atoms with Gasteiger partial charge >= 0.3 is 6.01 Å². The number of benzene rings is 3. The van der Waals surface area contributed by atoms with E-state index in [9.17, 15) is 8.42 Å². The summed E-state index contributed by atoms with van der Waals surface area (Å²) in [6, 6.07) is 25.7. The van der Waals surface area contributed by atoms with E-state index in [0.717, 1.165) is 11.1 Å². The molecule has 0 aliphatic heterocycles. The minimum Gasteiger partial charge on any atom is -0.424 e. The van der Waals surface area contributed by atoms with Crippen molar-refractivity contribution in [3.8, 4) is 22.9 Å². The monoisotopic (exact) mass is 403 g/mol. The first-order valence-corrected chi connectivity index (χ1v) is 10.3. The highest BCUT2D eigenvalue weighted by Gasteiger charge is 2.15. The minimum atomic E-state index is -3.75. The predicted octanol–water partition coefficient (Wildman–Crippen LogP) is 4.74. The van der Waals surface area contributed by atoms with Crippen molar-refractivity contribution in [3.05, 3.63) is 97.3 Å². The van der Waals surface area contributed by atoms with E-state index in [1.165, 1.54) is 12.4 Å². The van der Waals surface area contributed by atoms with Gasteiger partial charge in [0, 0.05) is 0 Å². The summed E-state index contributed by atoms with van der Waals surface area (Å²) in [6.07, 6.45) is 2.72. The molecule has 0 atom stereocenters. The molecule has 7 heteroatoms. The maximum Gasteiger partial charge on any atom is 0.322 e. The molecule has 1 N–H and O–H groups in total. The van der Waals surface area contributed by atoms with Gasteiger partial charge in [0.25, 0.3) is 10.0 Å². The lowest BCUT2D eigenvalue weighted by molar-refractivity contribution is 0.442. The first-order valence-electron chi connectivity index (χ1n) is 8.83. The Balaban J connectivity index is 1.47. The van der Waals surface area contributed by atoms with Crippen molar-refractivity contribution >= 4 is 15.7 Å². The Kier molecular flexibility index (Phi) is 5.22. The van der Waals surface area contributed by atoms with Gasteiger partial charge < -0.3 is 4.74 Å². The third kappa shape index (κ3) is 4.59. The fourth-order valence-corrected chi connectivity index (χ4v) is 3.71. The fraction of sp³-hybridized carbons (Fsp3) is 0. The molecule has 0 aliphatic carbocycles. The van der Waals surface area contributed by atoms with E-state index < -0.39 is 10.0 Å². The van der Waals surface area contributed by atoms with Crippen LogP contribution in [0, 0.1) is 0 Å². The van der Waals surface area contributed by atoms with Gasteiger partial charge in [-0.05, 0) is 35.4 Å². The van der Waals surface area contributed by atoms with E-state index in [-0.39, 0.29) is 16.6 Å². The van der Waals surface area contributed by atoms with Gasteiger partial charge in [0.15, 0.2) is 0 Å². The number of aromatic nitrogens is 2. The number of hydrogen-bond donors (Lipinski definition) is 1. The number of rotatable bonds is 6. The smallest absolute Gasteiger partial charge is 0.322 e. The zero-order valence-corrected chi connectivity index (χ0v) is 16.1. The number of nitrogens with one attached hydrogen (secondary N) is 1. The first kappa shape index (κ1) is 18.6. The zero-order valence-electron chi connectivity index (χ0n) is 15.3. The van der Waals surface area contributed by atoms with E-state index >= 15 is 0 Å². The Morgan fingerprint density at radius 2 is 1.24 bits per heavy atom. The molecule has 0 saturated carbocycles. The molecule has 1 heterocycles. The molecule has 0 unspecified atom stereocenters. The summed E-state index contributed by atoms with van der Waals surface area (Å²) in [5.41, 5.74) is 2.21. The Labute approximate surface area is 168 Å². The summed E-state index contributed by atoms with van der Waals surface area (Å²) < 4.78 is 33.2. The van der Waals surface area contributed by atoms with Gasteiger partial charge in [-0.1, -0.05) is 60.7 Å². The quantitative estimate of drug-likeness (QED) is 0.503. The topological polar surface area (TPSA) is 81.2 Å². The number of para-hydroxylation sites is 1. The van der Waals surface area contributed by atoms with Gasteiger partial charge in [-0.3, -0.25) is 4.72 Å². The van der Waals surface area contributed by atoms with Crippen LogP contribution >= 0.6 is 0 Å². The predicted molar refractivity (Wildman–Crippen MR) is 111 cm³/mol. The molecule has 0 radical (unpaired) electrons. The highest BCUT2D eigenvalue weighted by Crippen LogP contribution is 2.23. The number of sulfonamides is 1. The highest BCUT2D eigenvalue weighted by molar-refractivity contribution is 7.92. The Morgan fingerprint density at radius 1 is 0.690 bits per heavy atom. The molecule has 4 aromatic rings. The van der Waals surface area contributed by atoms with Gasteiger partial charge in [-0.25, -0.2) is 18.4 Å². The molecule has 0 saturated heterocycles. The van der Waals surface area contributed by atoms with Crippen LogP contribution in [-0.4, -0.2) is 18.4 Å². The van der Waals surface area contributed by atoms with Crippen LogP contribution < -0.4 is 9.46 Å². The maximum atomic E-state index is 12.6. The number of ether oxygens (including phenoxy) is 1. The van der Waals surface area contributed by atoms with Crippen molar-refractivity contribution in [2.75, 3.05) is 4.72 Å². The zero-order chi connectivity index (χ0) is 20.1. The third-order valence-corrected chi connectivity index (χ3v) is 5.50. The molecular formula is C22H17N3O3S. The average Bonchev–Trinajstić information content (AvgIpc) is 2.76. The lowest BCUT2D eigenvalue weighted by atomic mass is 10.1. The summed E-state index contributed by atoms with van der Waals surface area (Å²) in [5.74, 6) is 0.597. The molecule has 0 amide bonds. The Bertz CT molecular complexity index is 1180. The van der Waals surface area contributed by atoms with E-state index in [1.807, 2.05) is 48.5 Å². The van der Waals surface area contributed by atoms with Gasteiger partial charge in [0.2, 0.25) is 0 Å². The number of hydrogen-bond acceptors (Lipinski definition) is 5. The maximum absolute atomic E-state index is 12.6. The van der Waals surface area contributed by atoms with Crippen molar-refractivity contribution in [1.29, 1.82) is 0 Å². The second-order valence-electron chi connectivity index (χ2n) is 6.17. The normalized spacial score (nSPS) is 11.0. The average molecular weight is 403 g/mol. The summed E-state index contributed by atoms with van der Waals surface area (Å²) in [6.45, 7) is 0. The SMILES string of the molecule is O=S(=O)(Nc1cnc(Oc2ccccc2)nc1)c1ccc(-c2ccccc2)cc1. The van der Waals surface area contributed by atoms with E-state index in [1.54, 1.807) is 36.4 Å². The second-order valence-corrected chi connectivity index (χ2v) is 7.85. The van der Waals surface area contributed by atoms with Crippen LogP contribution in [0.2, 0.25) is 0 Å². The van der Waals surface area contributed by atoms with Gasteiger partial charge in [-0.15, -0.1) is 0 Å². The van der Waals surface area contributed by atoms with Crippen LogP contribution in [0.5, 0.6) is 11.8 Å². The number of nitrogens with zero attached hydrogens (tertiary/aromatic N) is 2. The van der Waals surface area contributed by atoms with Crippen molar-refractivity contribution in [2.45, 2.75) is 4.90 Å². The molecule has 144 valence electrons. The Morgan fingerprint density at radius 3 is 1.86 bits per heavy atom. The molecule has 6 nitrogen and oxygen atoms in total. The summed E-state index contributed by atoms with van der Waals surface area (Å²) >= 11 is 0. The van der Waals surface area contributed by atoms with Gasteiger partial charge in [0.05, 0.1) is 23.0 Å². The van der Waals surface area contributed by atoms with Crippen LogP contribution in [0.1, 0.15) is 0 Å². The van der Waals surface area contributed by atoms with Crippen LogP contribution in [0.3, 0.4) is 0 Å². The van der Waals surface area contributed by atoms with Gasteiger partial charge in [0.1, 0.15) is 5.75 Å². The second kappa shape index (κ2) is 8.12.